The zero-order valence-corrected chi connectivity index (χ0v) is 26.8. The van der Waals surface area contributed by atoms with Crippen LogP contribution in [0.15, 0.2) is 181 Å². The summed E-state index contributed by atoms with van der Waals surface area (Å²) < 4.78 is 31.6. The predicted octanol–water partition coefficient (Wildman–Crippen LogP) is 9.24. The Hall–Kier alpha value is -5.98. The van der Waals surface area contributed by atoms with Crippen LogP contribution >= 0.6 is 0 Å². The van der Waals surface area contributed by atoms with Crippen molar-refractivity contribution in [2.75, 3.05) is 0 Å². The molecule has 2 heterocycles. The maximum Gasteiger partial charge on any atom is 0.268 e. The molecule has 0 aliphatic carbocycles. The Kier molecular flexibility index (Phi) is 7.35. The van der Waals surface area contributed by atoms with Gasteiger partial charge in [0.25, 0.3) is 10.0 Å². The summed E-state index contributed by atoms with van der Waals surface area (Å²) in [5.41, 5.74) is 5.62. The van der Waals surface area contributed by atoms with Gasteiger partial charge in [-0.25, -0.2) is 17.4 Å². The Morgan fingerprint density at radius 1 is 0.542 bits per heavy atom. The molecule has 6 heteroatoms. The molecule has 0 spiro atoms. The van der Waals surface area contributed by atoms with Crippen LogP contribution in [0.3, 0.4) is 0 Å². The van der Waals surface area contributed by atoms with E-state index >= 15 is 0 Å². The fraction of sp³-hybridized carbons (Fsp3) is 0.0238. The minimum atomic E-state index is -3.85. The Balaban J connectivity index is 1.25. The summed E-state index contributed by atoms with van der Waals surface area (Å²) >= 11 is 0. The highest BCUT2D eigenvalue weighted by Crippen LogP contribution is 2.41. The van der Waals surface area contributed by atoms with Crippen LogP contribution in [0, 0.1) is 0 Å². The molecule has 0 bridgehead atoms. The van der Waals surface area contributed by atoms with Crippen molar-refractivity contribution in [3.63, 3.8) is 0 Å². The van der Waals surface area contributed by atoms with E-state index in [1.807, 2.05) is 85.2 Å². The first-order valence-electron chi connectivity index (χ1n) is 15.8. The van der Waals surface area contributed by atoms with Crippen molar-refractivity contribution >= 4 is 44.0 Å². The predicted molar refractivity (Wildman–Crippen MR) is 194 cm³/mol. The van der Waals surface area contributed by atoms with Gasteiger partial charge in [-0.1, -0.05) is 146 Å². The van der Waals surface area contributed by atoms with E-state index in [4.69, 9.17) is 4.98 Å². The quantitative estimate of drug-likeness (QED) is 0.156. The lowest BCUT2D eigenvalue weighted by molar-refractivity contribution is 0.514. The largest absolute Gasteiger partial charge is 0.318 e. The molecule has 2 aromatic heterocycles. The summed E-state index contributed by atoms with van der Waals surface area (Å²) in [6.45, 7) is 0. The number of rotatable bonds is 8. The van der Waals surface area contributed by atoms with Gasteiger partial charge in [-0.3, -0.25) is 0 Å². The summed E-state index contributed by atoms with van der Waals surface area (Å²) in [6, 6.07) is 53.7. The lowest BCUT2D eigenvalue weighted by atomic mass is 9.77. The number of para-hydroxylation sites is 1. The molecule has 48 heavy (non-hydrogen) atoms. The highest BCUT2D eigenvalue weighted by molar-refractivity contribution is 7.90. The van der Waals surface area contributed by atoms with E-state index in [-0.39, 0.29) is 4.90 Å². The molecule has 0 aliphatic rings. The average molecular weight is 642 g/mol. The smallest absolute Gasteiger partial charge is 0.268 e. The van der Waals surface area contributed by atoms with Crippen LogP contribution in [0.4, 0.5) is 0 Å². The normalized spacial score (nSPS) is 12.2. The number of aromatic nitrogens is 3. The van der Waals surface area contributed by atoms with Crippen LogP contribution in [0.1, 0.15) is 27.9 Å². The van der Waals surface area contributed by atoms with Gasteiger partial charge in [-0.05, 0) is 52.6 Å². The monoisotopic (exact) mass is 641 g/mol. The molecule has 0 radical (unpaired) electrons. The molecule has 0 amide bonds. The lowest BCUT2D eigenvalue weighted by Gasteiger charge is -2.37. The first kappa shape index (κ1) is 29.4. The van der Waals surface area contributed by atoms with E-state index in [1.54, 1.807) is 24.3 Å². The summed E-state index contributed by atoms with van der Waals surface area (Å²) in [7, 11) is -3.85. The second kappa shape index (κ2) is 12.0. The van der Waals surface area contributed by atoms with Gasteiger partial charge in [-0.15, -0.1) is 0 Å². The molecule has 6 aromatic carbocycles. The van der Waals surface area contributed by atoms with E-state index in [9.17, 15) is 8.42 Å². The van der Waals surface area contributed by atoms with E-state index in [1.165, 1.54) is 3.97 Å². The van der Waals surface area contributed by atoms with Crippen LogP contribution < -0.4 is 0 Å². The van der Waals surface area contributed by atoms with Gasteiger partial charge in [0, 0.05) is 17.0 Å². The average Bonchev–Trinajstić information content (AvgIpc) is 3.76. The highest BCUT2D eigenvalue weighted by Gasteiger charge is 2.38. The zero-order valence-electron chi connectivity index (χ0n) is 26.0. The number of imidazole rings is 1. The van der Waals surface area contributed by atoms with Gasteiger partial charge in [0.2, 0.25) is 0 Å². The topological polar surface area (TPSA) is 56.9 Å². The fourth-order valence-electron chi connectivity index (χ4n) is 6.79. The van der Waals surface area contributed by atoms with Crippen LogP contribution in [0.5, 0.6) is 0 Å². The molecule has 232 valence electrons. The molecule has 0 N–H and O–H groups in total. The van der Waals surface area contributed by atoms with Gasteiger partial charge in [0.1, 0.15) is 5.54 Å². The highest BCUT2D eigenvalue weighted by atomic mass is 32.2. The SMILES string of the molecule is O=S(=O)(c1ccccc1)n1c2ccccc2c2ccc(/C=C/c3cn(C(c4ccccc4)(c4ccccc4)c4ccccc4)cn3)cc21. The molecule has 8 aromatic rings. The Morgan fingerprint density at radius 2 is 1.06 bits per heavy atom. The molecule has 0 unspecified atom stereocenters. The standard InChI is InChI=1S/C42H31N3O2S/c46-48(47,37-21-11-4-12-22-37)45-40-24-14-13-23-38(40)39-28-26-32(29-41(39)45)25-27-36-30-44(31-43-36)42(33-15-5-1-6-16-33,34-17-7-2-8-18-34)35-19-9-3-10-20-35/h1-31H/b27-25+. The summed E-state index contributed by atoms with van der Waals surface area (Å²) in [5, 5.41) is 1.77. The fourth-order valence-corrected chi connectivity index (χ4v) is 8.33. The van der Waals surface area contributed by atoms with Crippen molar-refractivity contribution in [1.82, 2.24) is 13.5 Å². The number of nitrogens with zero attached hydrogens (tertiary/aromatic N) is 3. The second-order valence-electron chi connectivity index (χ2n) is 11.7. The molecule has 0 atom stereocenters. The van der Waals surface area contributed by atoms with E-state index in [2.05, 4.69) is 83.6 Å². The van der Waals surface area contributed by atoms with Gasteiger partial charge >= 0.3 is 0 Å². The van der Waals surface area contributed by atoms with E-state index in [0.29, 0.717) is 11.0 Å². The van der Waals surface area contributed by atoms with Crippen molar-refractivity contribution in [1.29, 1.82) is 0 Å². The molecule has 0 fully saturated rings. The van der Waals surface area contributed by atoms with Crippen molar-refractivity contribution in [3.05, 3.63) is 204 Å². The third-order valence-corrected chi connectivity index (χ3v) is 10.7. The third-order valence-electron chi connectivity index (χ3n) is 8.95. The summed E-state index contributed by atoms with van der Waals surface area (Å²) in [6.07, 6.45) is 7.92. The Morgan fingerprint density at radius 3 is 1.67 bits per heavy atom. The van der Waals surface area contributed by atoms with Crippen molar-refractivity contribution in [2.45, 2.75) is 10.4 Å². The van der Waals surface area contributed by atoms with Crippen LogP contribution in [0.2, 0.25) is 0 Å². The molecule has 0 saturated heterocycles. The minimum Gasteiger partial charge on any atom is -0.318 e. The molecule has 8 rings (SSSR count). The maximum atomic E-state index is 14.0. The second-order valence-corrected chi connectivity index (χ2v) is 13.5. The molecular weight excluding hydrogens is 611 g/mol. The van der Waals surface area contributed by atoms with Crippen molar-refractivity contribution < 1.29 is 8.42 Å². The van der Waals surface area contributed by atoms with Crippen LogP contribution in [-0.2, 0) is 15.6 Å². The van der Waals surface area contributed by atoms with Gasteiger partial charge in [0.05, 0.1) is 28.0 Å². The Bertz CT molecular complexity index is 2410. The number of hydrogen-bond acceptors (Lipinski definition) is 3. The zero-order chi connectivity index (χ0) is 32.6. The van der Waals surface area contributed by atoms with Gasteiger partial charge in [0.15, 0.2) is 0 Å². The van der Waals surface area contributed by atoms with Crippen molar-refractivity contribution in [2.24, 2.45) is 0 Å². The summed E-state index contributed by atoms with van der Waals surface area (Å²) in [4.78, 5) is 5.09. The molecule has 5 nitrogen and oxygen atoms in total. The number of hydrogen-bond donors (Lipinski definition) is 0. The van der Waals surface area contributed by atoms with E-state index in [0.717, 1.165) is 38.7 Å². The summed E-state index contributed by atoms with van der Waals surface area (Å²) in [5.74, 6) is 0. The van der Waals surface area contributed by atoms with Crippen LogP contribution in [-0.4, -0.2) is 21.9 Å². The third kappa shape index (κ3) is 4.86. The first-order chi connectivity index (χ1) is 23.6. The molecule has 0 aliphatic heterocycles. The molecule has 0 saturated carbocycles. The van der Waals surface area contributed by atoms with Crippen LogP contribution in [0.25, 0.3) is 34.0 Å². The van der Waals surface area contributed by atoms with E-state index < -0.39 is 15.6 Å². The number of benzene rings is 6. The van der Waals surface area contributed by atoms with Gasteiger partial charge in [-0.2, -0.15) is 0 Å². The molecular formula is C42H31N3O2S. The Labute approximate surface area is 279 Å². The minimum absolute atomic E-state index is 0.248. The number of fused-ring (bicyclic) bond motifs is 3. The van der Waals surface area contributed by atoms with Crippen molar-refractivity contribution in [3.8, 4) is 0 Å². The maximum absolute atomic E-state index is 14.0. The lowest BCUT2D eigenvalue weighted by Crippen LogP contribution is -2.36. The van der Waals surface area contributed by atoms with Gasteiger partial charge < -0.3 is 4.57 Å². The first-order valence-corrected chi connectivity index (χ1v) is 17.2.